The van der Waals surface area contributed by atoms with Crippen LogP contribution in [0.3, 0.4) is 0 Å². The molecule has 0 bridgehead atoms. The Bertz CT molecular complexity index is 1500. The smallest absolute Gasteiger partial charge is 0.220 e. The largest absolute Gasteiger partial charge is 0.423 e. The molecule has 4 aromatic rings. The molecule has 5 nitrogen and oxygen atoms in total. The molecule has 1 N–H and O–H groups in total. The molecule has 1 saturated heterocycles. The van der Waals surface area contributed by atoms with E-state index in [0.29, 0.717) is 11.8 Å². The fraction of sp³-hybridized carbons (Fsp3) is 0.462. The van der Waals surface area contributed by atoms with E-state index in [4.69, 9.17) is 9.40 Å². The Labute approximate surface area is 268 Å². The number of hydrogen-bond acceptors (Lipinski definition) is 5. The van der Waals surface area contributed by atoms with Crippen molar-refractivity contribution >= 4 is 11.6 Å². The highest BCUT2D eigenvalue weighted by Crippen LogP contribution is 2.45. The van der Waals surface area contributed by atoms with Gasteiger partial charge in [0, 0.05) is 31.2 Å². The molecule has 0 radical (unpaired) electrons. The standard InChI is InChI=1S/C39H49FN4O/c1-27-22-24-44(25-23-27)39-35(26-29-11-6-5-7-12-29)42-38(45-39)36(41-34-13-9-8-10-28(34)2)30-14-16-31(17-15-30)37(43(3)4)32-18-20-33(40)21-19-32/h5-13,18-21,27,30-31,36-37,41H,14-17,22-26H2,1-4H3. The fourth-order valence-electron chi connectivity index (χ4n) is 7.59. The van der Waals surface area contributed by atoms with E-state index in [1.165, 1.54) is 29.5 Å². The van der Waals surface area contributed by atoms with Crippen molar-refractivity contribution in [2.75, 3.05) is 37.4 Å². The van der Waals surface area contributed by atoms with E-state index in [9.17, 15) is 4.39 Å². The second-order valence-corrected chi connectivity index (χ2v) is 13.7. The number of aromatic nitrogens is 1. The Morgan fingerprint density at radius 1 is 0.867 bits per heavy atom. The molecule has 0 amide bonds. The van der Waals surface area contributed by atoms with Crippen molar-refractivity contribution in [3.8, 4) is 0 Å². The van der Waals surface area contributed by atoms with Gasteiger partial charge in [-0.05, 0) is 112 Å². The van der Waals surface area contributed by atoms with Crippen LogP contribution in [-0.4, -0.2) is 37.1 Å². The molecule has 45 heavy (non-hydrogen) atoms. The van der Waals surface area contributed by atoms with Crippen molar-refractivity contribution in [1.82, 2.24) is 9.88 Å². The summed E-state index contributed by atoms with van der Waals surface area (Å²) in [5.41, 5.74) is 5.85. The van der Waals surface area contributed by atoms with Crippen LogP contribution in [0.5, 0.6) is 0 Å². The summed E-state index contributed by atoms with van der Waals surface area (Å²) >= 11 is 0. The maximum absolute atomic E-state index is 13.8. The van der Waals surface area contributed by atoms with Crippen LogP contribution in [0.2, 0.25) is 0 Å². The molecule has 2 heterocycles. The minimum Gasteiger partial charge on any atom is -0.423 e. The summed E-state index contributed by atoms with van der Waals surface area (Å²) in [5, 5.41) is 3.93. The molecule has 1 aliphatic carbocycles. The molecule has 6 rings (SSSR count). The maximum atomic E-state index is 13.8. The van der Waals surface area contributed by atoms with Gasteiger partial charge in [-0.3, -0.25) is 0 Å². The summed E-state index contributed by atoms with van der Waals surface area (Å²) in [6.07, 6.45) is 7.47. The monoisotopic (exact) mass is 608 g/mol. The zero-order valence-corrected chi connectivity index (χ0v) is 27.4. The Kier molecular flexibility index (Phi) is 9.89. The molecule has 1 saturated carbocycles. The zero-order valence-electron chi connectivity index (χ0n) is 27.4. The highest BCUT2D eigenvalue weighted by atomic mass is 19.1. The van der Waals surface area contributed by atoms with Crippen LogP contribution in [0, 0.1) is 30.5 Å². The van der Waals surface area contributed by atoms with Crippen molar-refractivity contribution < 1.29 is 8.81 Å². The van der Waals surface area contributed by atoms with Crippen LogP contribution in [0.4, 0.5) is 16.0 Å². The van der Waals surface area contributed by atoms with Gasteiger partial charge in [-0.1, -0.05) is 67.6 Å². The number of para-hydroxylation sites is 1. The number of oxazole rings is 1. The molecule has 1 aliphatic heterocycles. The van der Waals surface area contributed by atoms with E-state index < -0.39 is 0 Å². The first-order chi connectivity index (χ1) is 21.9. The van der Waals surface area contributed by atoms with E-state index in [-0.39, 0.29) is 17.9 Å². The number of benzene rings is 3. The molecule has 0 spiro atoms. The minimum atomic E-state index is -0.180. The normalized spacial score (nSPS) is 20.7. The highest BCUT2D eigenvalue weighted by Gasteiger charge is 2.37. The number of hydrogen-bond donors (Lipinski definition) is 1. The molecule has 238 valence electrons. The molecule has 2 atom stereocenters. The third-order valence-corrected chi connectivity index (χ3v) is 10.2. The minimum absolute atomic E-state index is 0.0253. The average molecular weight is 609 g/mol. The molecule has 1 aromatic heterocycles. The molecule has 3 aromatic carbocycles. The fourth-order valence-corrected chi connectivity index (χ4v) is 7.59. The van der Waals surface area contributed by atoms with Crippen molar-refractivity contribution in [3.63, 3.8) is 0 Å². The highest BCUT2D eigenvalue weighted by molar-refractivity contribution is 5.52. The summed E-state index contributed by atoms with van der Waals surface area (Å²) in [4.78, 5) is 10.1. The summed E-state index contributed by atoms with van der Waals surface area (Å²) in [6, 6.07) is 26.5. The number of aryl methyl sites for hydroxylation is 1. The van der Waals surface area contributed by atoms with Crippen molar-refractivity contribution in [2.24, 2.45) is 17.8 Å². The number of nitrogens with zero attached hydrogens (tertiary/aromatic N) is 3. The van der Waals surface area contributed by atoms with Gasteiger partial charge in [-0.2, -0.15) is 0 Å². The molecule has 6 heteroatoms. The number of piperidine rings is 1. The first-order valence-corrected chi connectivity index (χ1v) is 16.9. The predicted molar refractivity (Wildman–Crippen MR) is 182 cm³/mol. The lowest BCUT2D eigenvalue weighted by Crippen LogP contribution is -2.33. The quantitative estimate of drug-likeness (QED) is 0.194. The lowest BCUT2D eigenvalue weighted by molar-refractivity contribution is 0.139. The van der Waals surface area contributed by atoms with E-state index in [2.05, 4.69) is 97.7 Å². The number of rotatable bonds is 10. The van der Waals surface area contributed by atoms with Crippen LogP contribution in [0.1, 0.15) is 85.8 Å². The second-order valence-electron chi connectivity index (χ2n) is 13.7. The van der Waals surface area contributed by atoms with Gasteiger partial charge in [-0.25, -0.2) is 9.37 Å². The van der Waals surface area contributed by atoms with Crippen LogP contribution < -0.4 is 10.2 Å². The van der Waals surface area contributed by atoms with Gasteiger partial charge in [0.25, 0.3) is 0 Å². The summed E-state index contributed by atoms with van der Waals surface area (Å²) in [5.74, 6) is 3.21. The van der Waals surface area contributed by atoms with E-state index >= 15 is 0 Å². The second kappa shape index (κ2) is 14.2. The molecular weight excluding hydrogens is 559 g/mol. The maximum Gasteiger partial charge on any atom is 0.220 e. The SMILES string of the molecule is Cc1ccccc1NC(c1nc(Cc2ccccc2)c(N2CCC(C)CC2)o1)C1CCC(C(c2ccc(F)cc2)N(C)C)CC1. The molecule has 2 unspecified atom stereocenters. The van der Waals surface area contributed by atoms with Crippen molar-refractivity contribution in [3.05, 3.63) is 113 Å². The molecule has 2 fully saturated rings. The Balaban J connectivity index is 1.30. The van der Waals surface area contributed by atoms with E-state index in [0.717, 1.165) is 74.3 Å². The van der Waals surface area contributed by atoms with Crippen LogP contribution >= 0.6 is 0 Å². The summed E-state index contributed by atoms with van der Waals surface area (Å²) < 4.78 is 20.6. The Morgan fingerprint density at radius 3 is 2.18 bits per heavy atom. The Hall–Kier alpha value is -3.64. The lowest BCUT2D eigenvalue weighted by Gasteiger charge is -2.39. The molecular formula is C39H49FN4O. The lowest BCUT2D eigenvalue weighted by atomic mass is 9.74. The van der Waals surface area contributed by atoms with Gasteiger partial charge in [0.05, 0.1) is 0 Å². The van der Waals surface area contributed by atoms with Crippen LogP contribution in [0.15, 0.2) is 83.3 Å². The predicted octanol–water partition coefficient (Wildman–Crippen LogP) is 9.21. The van der Waals surface area contributed by atoms with Crippen molar-refractivity contribution in [1.29, 1.82) is 0 Å². The van der Waals surface area contributed by atoms with Crippen LogP contribution in [-0.2, 0) is 6.42 Å². The van der Waals surface area contributed by atoms with E-state index in [1.54, 1.807) is 12.1 Å². The van der Waals surface area contributed by atoms with Crippen LogP contribution in [0.25, 0.3) is 0 Å². The average Bonchev–Trinajstić information content (AvgIpc) is 3.46. The number of anilines is 2. The van der Waals surface area contributed by atoms with Gasteiger partial charge < -0.3 is 19.5 Å². The molecule has 2 aliphatic rings. The number of nitrogens with one attached hydrogen (secondary N) is 1. The number of halogens is 1. The van der Waals surface area contributed by atoms with E-state index in [1.807, 2.05) is 12.1 Å². The Morgan fingerprint density at radius 2 is 1.51 bits per heavy atom. The van der Waals surface area contributed by atoms with Crippen molar-refractivity contribution in [2.45, 2.75) is 70.9 Å². The first kappa shape index (κ1) is 31.3. The van der Waals surface area contributed by atoms with Gasteiger partial charge in [-0.15, -0.1) is 0 Å². The topological polar surface area (TPSA) is 44.5 Å². The zero-order chi connectivity index (χ0) is 31.3. The van der Waals surface area contributed by atoms with Gasteiger partial charge in [0.15, 0.2) is 0 Å². The third-order valence-electron chi connectivity index (χ3n) is 10.2. The van der Waals surface area contributed by atoms with Gasteiger partial charge in [0.1, 0.15) is 17.6 Å². The third kappa shape index (κ3) is 7.44. The van der Waals surface area contributed by atoms with Gasteiger partial charge in [0.2, 0.25) is 11.8 Å². The van der Waals surface area contributed by atoms with Gasteiger partial charge >= 0.3 is 0 Å². The summed E-state index contributed by atoms with van der Waals surface area (Å²) in [7, 11) is 4.29. The first-order valence-electron chi connectivity index (χ1n) is 16.9. The summed E-state index contributed by atoms with van der Waals surface area (Å²) in [6.45, 7) is 6.53.